The second-order valence-electron chi connectivity index (χ2n) is 9.82. The third-order valence-electron chi connectivity index (χ3n) is 5.61. The summed E-state index contributed by atoms with van der Waals surface area (Å²) in [6.07, 6.45) is 9.04. The molecule has 4 unspecified atom stereocenters. The van der Waals surface area contributed by atoms with Crippen LogP contribution in [0, 0.1) is 18.4 Å². The Morgan fingerprint density at radius 1 is 1.20 bits per heavy atom. The molecular weight excluding hydrogens is 442 g/mol. The van der Waals surface area contributed by atoms with E-state index in [0.29, 0.717) is 12.0 Å². The van der Waals surface area contributed by atoms with Crippen LogP contribution in [0.3, 0.4) is 0 Å². The van der Waals surface area contributed by atoms with Crippen LogP contribution >= 0.6 is 0 Å². The van der Waals surface area contributed by atoms with Crippen molar-refractivity contribution in [2.75, 3.05) is 0 Å². The van der Waals surface area contributed by atoms with E-state index in [2.05, 4.69) is 23.3 Å². The number of terminal acetylenes is 1. The van der Waals surface area contributed by atoms with Crippen LogP contribution in [0.15, 0.2) is 30.8 Å². The summed E-state index contributed by atoms with van der Waals surface area (Å²) < 4.78 is 5.37. The summed E-state index contributed by atoms with van der Waals surface area (Å²) in [6.45, 7) is 16.7. The van der Waals surface area contributed by atoms with Crippen molar-refractivity contribution in [3.8, 4) is 12.5 Å². The summed E-state index contributed by atoms with van der Waals surface area (Å²) >= 11 is 0. The number of benzene rings is 1. The highest BCUT2D eigenvalue weighted by Crippen LogP contribution is 2.25. The topological polar surface area (TPSA) is 87.7 Å². The Bertz CT molecular complexity index is 929. The van der Waals surface area contributed by atoms with Gasteiger partial charge in [0.1, 0.15) is 17.7 Å². The zero-order chi connectivity index (χ0) is 26.8. The van der Waals surface area contributed by atoms with Crippen LogP contribution in [0.4, 0.5) is 4.79 Å². The molecule has 4 atom stereocenters. The molecule has 0 aliphatic rings. The molecule has 0 saturated heterocycles. The minimum absolute atomic E-state index is 0.0995. The Morgan fingerprint density at radius 2 is 1.86 bits per heavy atom. The van der Waals surface area contributed by atoms with Crippen LogP contribution in [-0.2, 0) is 14.3 Å². The Balaban J connectivity index is 3.45. The first-order chi connectivity index (χ1) is 16.4. The van der Waals surface area contributed by atoms with Gasteiger partial charge >= 0.3 is 6.09 Å². The van der Waals surface area contributed by atoms with E-state index in [1.54, 1.807) is 45.0 Å². The molecule has 0 bridgehead atoms. The molecule has 0 fully saturated rings. The maximum Gasteiger partial charge on any atom is 0.408 e. The third-order valence-corrected chi connectivity index (χ3v) is 5.61. The van der Waals surface area contributed by atoms with Crippen LogP contribution in [0.2, 0.25) is 0 Å². The highest BCUT2D eigenvalue weighted by Gasteiger charge is 2.38. The first kappa shape index (κ1) is 29.8. The SMILES string of the molecule is C#CN(C(=O)C(NC(=O)OC(C)(C)C)C(C)CC)C(C(=O)NC(C)CCC)c1cccc(C=C)c1. The lowest BCUT2D eigenvalue weighted by atomic mass is 9.95. The molecular formula is C28H41N3O4. The quantitative estimate of drug-likeness (QED) is 0.341. The van der Waals surface area contributed by atoms with Gasteiger partial charge in [-0.15, -0.1) is 0 Å². The normalized spacial score (nSPS) is 14.5. The van der Waals surface area contributed by atoms with Crippen molar-refractivity contribution in [1.82, 2.24) is 15.5 Å². The zero-order valence-corrected chi connectivity index (χ0v) is 22.2. The minimum Gasteiger partial charge on any atom is -0.444 e. The molecule has 192 valence electrons. The van der Waals surface area contributed by atoms with E-state index in [9.17, 15) is 14.4 Å². The minimum atomic E-state index is -1.08. The number of carbonyl (C=O) groups excluding carboxylic acids is 3. The van der Waals surface area contributed by atoms with E-state index in [1.165, 1.54) is 0 Å². The molecule has 0 aromatic heterocycles. The Hall–Kier alpha value is -3.27. The maximum absolute atomic E-state index is 13.8. The number of carbonyl (C=O) groups is 3. The van der Waals surface area contributed by atoms with Gasteiger partial charge in [-0.2, -0.15) is 0 Å². The number of amides is 3. The van der Waals surface area contributed by atoms with Gasteiger partial charge in [0.15, 0.2) is 0 Å². The smallest absolute Gasteiger partial charge is 0.408 e. The monoisotopic (exact) mass is 483 g/mol. The molecule has 7 nitrogen and oxygen atoms in total. The number of nitrogens with zero attached hydrogens (tertiary/aromatic N) is 1. The average molecular weight is 484 g/mol. The molecule has 0 aliphatic heterocycles. The average Bonchev–Trinajstić information content (AvgIpc) is 2.78. The van der Waals surface area contributed by atoms with E-state index < -0.39 is 35.6 Å². The number of hydrogen-bond donors (Lipinski definition) is 2. The lowest BCUT2D eigenvalue weighted by molar-refractivity contribution is -0.139. The first-order valence-corrected chi connectivity index (χ1v) is 12.2. The van der Waals surface area contributed by atoms with E-state index in [-0.39, 0.29) is 12.0 Å². The molecule has 0 radical (unpaired) electrons. The van der Waals surface area contributed by atoms with Gasteiger partial charge in [-0.1, -0.05) is 70.9 Å². The first-order valence-electron chi connectivity index (χ1n) is 12.2. The Morgan fingerprint density at radius 3 is 2.37 bits per heavy atom. The predicted molar refractivity (Wildman–Crippen MR) is 140 cm³/mol. The number of nitrogens with one attached hydrogen (secondary N) is 2. The molecule has 2 N–H and O–H groups in total. The fourth-order valence-corrected chi connectivity index (χ4v) is 3.63. The van der Waals surface area contributed by atoms with Crippen LogP contribution in [0.5, 0.6) is 0 Å². The molecule has 7 heteroatoms. The Kier molecular flexibility index (Phi) is 11.5. The van der Waals surface area contributed by atoms with Crippen LogP contribution in [-0.4, -0.2) is 40.5 Å². The van der Waals surface area contributed by atoms with Gasteiger partial charge in [-0.3, -0.25) is 14.5 Å². The van der Waals surface area contributed by atoms with E-state index in [1.807, 2.05) is 33.8 Å². The predicted octanol–water partition coefficient (Wildman–Crippen LogP) is 5.03. The lowest BCUT2D eigenvalue weighted by Gasteiger charge is -2.33. The summed E-state index contributed by atoms with van der Waals surface area (Å²) in [5, 5.41) is 5.65. The molecule has 0 aliphatic carbocycles. The largest absolute Gasteiger partial charge is 0.444 e. The highest BCUT2D eigenvalue weighted by molar-refractivity contribution is 5.93. The standard InChI is InChI=1S/C28H41N3O4/c1-10-15-20(6)29-25(32)24(22-17-14-16-21(12-3)18-22)31(13-4)26(33)23(19(5)11-2)30-27(34)35-28(7,8)9/h4,12,14,16-20,23-24H,3,10-11,15H2,1-2,5-9H3,(H,29,32)(H,30,34). The maximum atomic E-state index is 13.8. The number of hydrogen-bond acceptors (Lipinski definition) is 4. The van der Waals surface area contributed by atoms with Gasteiger partial charge in [-0.05, 0) is 57.2 Å². The number of alkyl carbamates (subject to hydrolysis) is 1. The molecule has 1 rings (SSSR count). The highest BCUT2D eigenvalue weighted by atomic mass is 16.6. The van der Waals surface area contributed by atoms with Crippen molar-refractivity contribution in [2.24, 2.45) is 5.92 Å². The molecule has 0 spiro atoms. The van der Waals surface area contributed by atoms with Crippen molar-refractivity contribution in [1.29, 1.82) is 0 Å². The molecule has 0 saturated carbocycles. The number of rotatable bonds is 11. The molecule has 0 heterocycles. The summed E-state index contributed by atoms with van der Waals surface area (Å²) in [5.74, 6) is -1.20. The van der Waals surface area contributed by atoms with Crippen molar-refractivity contribution >= 4 is 24.0 Å². The van der Waals surface area contributed by atoms with Crippen molar-refractivity contribution in [3.05, 3.63) is 42.0 Å². The van der Waals surface area contributed by atoms with Gasteiger partial charge in [0.2, 0.25) is 5.91 Å². The number of ether oxygens (including phenoxy) is 1. The van der Waals surface area contributed by atoms with E-state index >= 15 is 0 Å². The Labute approximate surface area is 210 Å². The van der Waals surface area contributed by atoms with E-state index in [0.717, 1.165) is 23.3 Å². The van der Waals surface area contributed by atoms with Gasteiger partial charge in [0, 0.05) is 12.1 Å². The van der Waals surface area contributed by atoms with Crippen LogP contribution in [0.25, 0.3) is 6.08 Å². The van der Waals surface area contributed by atoms with Gasteiger partial charge < -0.3 is 15.4 Å². The van der Waals surface area contributed by atoms with Crippen molar-refractivity contribution < 1.29 is 19.1 Å². The van der Waals surface area contributed by atoms with Crippen LogP contribution in [0.1, 0.15) is 84.9 Å². The second-order valence-corrected chi connectivity index (χ2v) is 9.82. The molecule has 1 aromatic rings. The van der Waals surface area contributed by atoms with Crippen molar-refractivity contribution in [3.63, 3.8) is 0 Å². The van der Waals surface area contributed by atoms with Crippen LogP contribution < -0.4 is 10.6 Å². The summed E-state index contributed by atoms with van der Waals surface area (Å²) in [5.41, 5.74) is 0.605. The fourth-order valence-electron chi connectivity index (χ4n) is 3.63. The van der Waals surface area contributed by atoms with Gasteiger partial charge in [0.05, 0.1) is 0 Å². The third kappa shape index (κ3) is 9.12. The zero-order valence-electron chi connectivity index (χ0n) is 22.2. The lowest BCUT2D eigenvalue weighted by Crippen LogP contribution is -2.54. The fraction of sp³-hybridized carbons (Fsp3) is 0.536. The van der Waals surface area contributed by atoms with Gasteiger partial charge in [0.25, 0.3) is 5.91 Å². The summed E-state index contributed by atoms with van der Waals surface area (Å²) in [4.78, 5) is 40.8. The van der Waals surface area contributed by atoms with E-state index in [4.69, 9.17) is 11.2 Å². The summed E-state index contributed by atoms with van der Waals surface area (Å²) in [6, 6.07) is 7.41. The van der Waals surface area contributed by atoms with Crippen molar-refractivity contribution in [2.45, 2.75) is 91.5 Å². The molecule has 1 aromatic carbocycles. The molecule has 3 amide bonds. The van der Waals surface area contributed by atoms with Gasteiger partial charge in [-0.25, -0.2) is 4.79 Å². The molecule has 35 heavy (non-hydrogen) atoms. The second kappa shape index (κ2) is 13.6. The summed E-state index contributed by atoms with van der Waals surface area (Å²) in [7, 11) is 0.